The molecule has 2 aliphatic carbocycles. The molecule has 3 aliphatic rings. The Kier molecular flexibility index (Phi) is 6.88. The van der Waals surface area contributed by atoms with Crippen molar-refractivity contribution in [2.45, 2.75) is 38.5 Å². The van der Waals surface area contributed by atoms with Crippen LogP contribution in [0.4, 0.5) is 0 Å². The van der Waals surface area contributed by atoms with E-state index in [4.69, 9.17) is 24.4 Å². The summed E-state index contributed by atoms with van der Waals surface area (Å²) in [6, 6.07) is 52.7. The summed E-state index contributed by atoms with van der Waals surface area (Å²) in [6.07, 6.45) is 0. The molecular weight excluding hydrogens is 687 g/mol. The van der Waals surface area contributed by atoms with Crippen molar-refractivity contribution in [2.24, 2.45) is 0 Å². The third-order valence-corrected chi connectivity index (χ3v) is 12.0. The zero-order chi connectivity index (χ0) is 37.8. The summed E-state index contributed by atoms with van der Waals surface area (Å²) >= 11 is 0. The monoisotopic (exact) mass is 723 g/mol. The van der Waals surface area contributed by atoms with E-state index in [-0.39, 0.29) is 10.8 Å². The Hall–Kier alpha value is -6.85. The maximum atomic E-state index is 6.86. The lowest BCUT2D eigenvalue weighted by atomic mass is 9.82. The number of ether oxygens (including phenoxy) is 2. The quantitative estimate of drug-likeness (QED) is 0.181. The van der Waals surface area contributed by atoms with Gasteiger partial charge in [-0.15, -0.1) is 0 Å². The normalized spacial score (nSPS) is 14.6. The fraction of sp³-hybridized carbons (Fsp3) is 0.118. The van der Waals surface area contributed by atoms with Gasteiger partial charge in [0.2, 0.25) is 0 Å². The van der Waals surface area contributed by atoms with Gasteiger partial charge in [-0.3, -0.25) is 0 Å². The van der Waals surface area contributed by atoms with Crippen molar-refractivity contribution in [1.82, 2.24) is 15.0 Å². The van der Waals surface area contributed by atoms with E-state index in [1.54, 1.807) is 0 Å². The summed E-state index contributed by atoms with van der Waals surface area (Å²) in [5.41, 5.74) is 14.4. The van der Waals surface area contributed by atoms with Crippen LogP contribution in [0.25, 0.3) is 67.5 Å². The lowest BCUT2D eigenvalue weighted by Crippen LogP contribution is -2.15. The smallest absolute Gasteiger partial charge is 0.177 e. The first kappa shape index (κ1) is 32.6. The van der Waals surface area contributed by atoms with Crippen LogP contribution < -0.4 is 9.47 Å². The first-order chi connectivity index (χ1) is 27.3. The standard InChI is InChI=1S/C51H37N3O2/c1-50(2)39-22-12-10-18-33(39)35-26-25-31(27-41(35)50)48-52-47(30-15-6-5-7-16-30)53-49(54-48)37-20-9-8-17-32(37)36-21-14-24-43-46(36)56-44-28-38-34-19-11-13-23-40(34)51(3,4)42(38)29-45(44)55-43/h5-29H,1-4H3. The minimum absolute atomic E-state index is 0.144. The molecule has 8 aromatic rings. The van der Waals surface area contributed by atoms with Crippen molar-refractivity contribution < 1.29 is 9.47 Å². The highest BCUT2D eigenvalue weighted by atomic mass is 16.6. The molecule has 0 radical (unpaired) electrons. The van der Waals surface area contributed by atoms with Crippen LogP contribution in [0.5, 0.6) is 23.0 Å². The summed E-state index contributed by atoms with van der Waals surface area (Å²) in [7, 11) is 0. The van der Waals surface area contributed by atoms with Gasteiger partial charge in [-0.05, 0) is 74.3 Å². The van der Waals surface area contributed by atoms with Crippen LogP contribution in [0, 0.1) is 0 Å². The third-order valence-electron chi connectivity index (χ3n) is 12.0. The van der Waals surface area contributed by atoms with Crippen LogP contribution in [0.15, 0.2) is 152 Å². The number of rotatable bonds is 4. The van der Waals surface area contributed by atoms with Gasteiger partial charge in [0.1, 0.15) is 0 Å². The molecule has 0 saturated carbocycles. The number of aromatic nitrogens is 3. The molecule has 0 spiro atoms. The molecule has 1 aliphatic heterocycles. The third kappa shape index (κ3) is 4.77. The molecule has 2 heterocycles. The van der Waals surface area contributed by atoms with Crippen LogP contribution in [0.2, 0.25) is 0 Å². The van der Waals surface area contributed by atoms with E-state index in [0.717, 1.165) is 33.6 Å². The molecule has 7 aromatic carbocycles. The summed E-state index contributed by atoms with van der Waals surface area (Å²) < 4.78 is 13.5. The van der Waals surface area contributed by atoms with Gasteiger partial charge in [0.05, 0.1) is 0 Å². The topological polar surface area (TPSA) is 57.1 Å². The molecule has 268 valence electrons. The van der Waals surface area contributed by atoms with Gasteiger partial charge in [-0.2, -0.15) is 0 Å². The molecule has 0 saturated heterocycles. The van der Waals surface area contributed by atoms with Gasteiger partial charge in [0, 0.05) is 33.1 Å². The van der Waals surface area contributed by atoms with Gasteiger partial charge < -0.3 is 9.47 Å². The Bertz CT molecular complexity index is 2930. The Labute approximate surface area is 326 Å². The first-order valence-corrected chi connectivity index (χ1v) is 19.2. The summed E-state index contributed by atoms with van der Waals surface area (Å²) in [5, 5.41) is 0. The molecule has 0 amide bonds. The minimum atomic E-state index is -0.153. The van der Waals surface area contributed by atoms with Crippen molar-refractivity contribution in [3.8, 4) is 90.5 Å². The zero-order valence-electron chi connectivity index (χ0n) is 31.6. The van der Waals surface area contributed by atoms with Crippen molar-refractivity contribution in [1.29, 1.82) is 0 Å². The van der Waals surface area contributed by atoms with Crippen LogP contribution in [0.3, 0.4) is 0 Å². The number of nitrogens with zero attached hydrogens (tertiary/aromatic N) is 3. The van der Waals surface area contributed by atoms with Crippen molar-refractivity contribution >= 4 is 0 Å². The second kappa shape index (κ2) is 11.8. The number of hydrogen-bond donors (Lipinski definition) is 0. The van der Waals surface area contributed by atoms with Crippen LogP contribution in [0.1, 0.15) is 49.9 Å². The molecule has 56 heavy (non-hydrogen) atoms. The molecule has 0 unspecified atom stereocenters. The van der Waals surface area contributed by atoms with Crippen LogP contribution in [-0.2, 0) is 10.8 Å². The molecule has 5 nitrogen and oxygen atoms in total. The average molecular weight is 724 g/mol. The van der Waals surface area contributed by atoms with E-state index in [2.05, 4.69) is 125 Å². The fourth-order valence-electron chi connectivity index (χ4n) is 9.11. The lowest BCUT2D eigenvalue weighted by molar-refractivity contribution is 0.360. The Balaban J connectivity index is 1.04. The van der Waals surface area contributed by atoms with Gasteiger partial charge in [0.15, 0.2) is 40.5 Å². The van der Waals surface area contributed by atoms with Crippen molar-refractivity contribution in [3.05, 3.63) is 174 Å². The van der Waals surface area contributed by atoms with Crippen LogP contribution in [-0.4, -0.2) is 15.0 Å². The predicted octanol–water partition coefficient (Wildman–Crippen LogP) is 13.1. The Morgan fingerprint density at radius 1 is 0.339 bits per heavy atom. The first-order valence-electron chi connectivity index (χ1n) is 19.2. The molecule has 0 fully saturated rings. The number of para-hydroxylation sites is 1. The highest BCUT2D eigenvalue weighted by Gasteiger charge is 2.38. The van der Waals surface area contributed by atoms with Crippen molar-refractivity contribution in [3.63, 3.8) is 0 Å². The zero-order valence-corrected chi connectivity index (χ0v) is 31.6. The van der Waals surface area contributed by atoms with E-state index >= 15 is 0 Å². The minimum Gasteiger partial charge on any atom is -0.449 e. The molecule has 11 rings (SSSR count). The molecule has 1 aromatic heterocycles. The molecule has 0 N–H and O–H groups in total. The second-order valence-corrected chi connectivity index (χ2v) is 16.0. The predicted molar refractivity (Wildman–Crippen MR) is 223 cm³/mol. The maximum absolute atomic E-state index is 6.86. The van der Waals surface area contributed by atoms with E-state index in [1.165, 1.54) is 44.5 Å². The number of fused-ring (bicyclic) bond motifs is 8. The Morgan fingerprint density at radius 3 is 1.61 bits per heavy atom. The van der Waals surface area contributed by atoms with Gasteiger partial charge >= 0.3 is 0 Å². The number of hydrogen-bond acceptors (Lipinski definition) is 5. The summed E-state index contributed by atoms with van der Waals surface area (Å²) in [6.45, 7) is 9.14. The van der Waals surface area contributed by atoms with E-state index in [1.807, 2.05) is 54.6 Å². The highest BCUT2D eigenvalue weighted by molar-refractivity contribution is 5.89. The molecule has 5 heteroatoms. The molecule has 0 bridgehead atoms. The van der Waals surface area contributed by atoms with Gasteiger partial charge in [0.25, 0.3) is 0 Å². The summed E-state index contributed by atoms with van der Waals surface area (Å²) in [4.78, 5) is 15.5. The van der Waals surface area contributed by atoms with E-state index < -0.39 is 0 Å². The fourth-order valence-corrected chi connectivity index (χ4v) is 9.11. The second-order valence-electron chi connectivity index (χ2n) is 16.0. The highest BCUT2D eigenvalue weighted by Crippen LogP contribution is 2.57. The van der Waals surface area contributed by atoms with E-state index in [9.17, 15) is 0 Å². The van der Waals surface area contributed by atoms with E-state index in [0.29, 0.717) is 34.7 Å². The van der Waals surface area contributed by atoms with Crippen molar-refractivity contribution in [2.75, 3.05) is 0 Å². The maximum Gasteiger partial charge on any atom is 0.177 e. The largest absolute Gasteiger partial charge is 0.449 e. The SMILES string of the molecule is CC1(C)c2ccccc2-c2ccc(-c3nc(-c4ccccc4)nc(-c4ccccc4-c4cccc5c4Oc4cc6c(cc4O5)C(C)(C)c4ccccc4-6)n3)cc21. The van der Waals surface area contributed by atoms with Gasteiger partial charge in [-0.1, -0.05) is 155 Å². The number of benzene rings is 7. The molecular formula is C51H37N3O2. The molecule has 0 atom stereocenters. The van der Waals surface area contributed by atoms with Gasteiger partial charge in [-0.25, -0.2) is 15.0 Å². The summed E-state index contributed by atoms with van der Waals surface area (Å²) in [5.74, 6) is 4.57. The van der Waals surface area contributed by atoms with Crippen LogP contribution >= 0.6 is 0 Å². The average Bonchev–Trinajstić information content (AvgIpc) is 3.60. The lowest BCUT2D eigenvalue weighted by Gasteiger charge is -2.26. The Morgan fingerprint density at radius 2 is 0.875 bits per heavy atom.